The zero-order valence-electron chi connectivity index (χ0n) is 30.8. The van der Waals surface area contributed by atoms with Gasteiger partial charge in [-0.05, 0) is 68.4 Å². The lowest BCUT2D eigenvalue weighted by Gasteiger charge is -2.68. The number of carbonyl (C=O) groups is 3. The van der Waals surface area contributed by atoms with E-state index in [-0.39, 0.29) is 19.4 Å². The Morgan fingerprint density at radius 3 is 2.16 bits per heavy atom. The van der Waals surface area contributed by atoms with Crippen molar-refractivity contribution >= 4 is 35.1 Å². The molecule has 1 aromatic carbocycles. The van der Waals surface area contributed by atoms with Crippen molar-refractivity contribution in [3.63, 3.8) is 0 Å². The van der Waals surface area contributed by atoms with E-state index < -0.39 is 93.5 Å². The molecule has 0 spiro atoms. The number of hydrogen-bond donors (Lipinski definition) is 2. The quantitative estimate of drug-likeness (QED) is 0.184. The average Bonchev–Trinajstić information content (AvgIpc) is 3.04. The van der Waals surface area contributed by atoms with Crippen LogP contribution in [0.1, 0.15) is 78.6 Å². The van der Waals surface area contributed by atoms with E-state index in [0.717, 1.165) is 18.1 Å². The second-order valence-electron chi connectivity index (χ2n) is 15.5. The molecule has 1 saturated heterocycles. The second kappa shape index (κ2) is 13.4. The molecule has 2 bridgehead atoms. The number of aliphatic hydroxyl groups is 2. The zero-order chi connectivity index (χ0) is 36.3. The minimum absolute atomic E-state index is 0.0240. The molecule has 9 atom stereocenters. The Hall–Kier alpha value is -2.20. The molecule has 2 saturated carbocycles. The highest BCUT2D eigenvalue weighted by molar-refractivity contribution is 6.73. The van der Waals surface area contributed by atoms with Crippen molar-refractivity contribution in [3.8, 4) is 0 Å². The predicted molar refractivity (Wildman–Crippen MR) is 188 cm³/mol. The third-order valence-electron chi connectivity index (χ3n) is 12.5. The Kier molecular flexibility index (Phi) is 10.4. The average molecular weight is 716 g/mol. The number of aliphatic hydroxyl groups excluding tert-OH is 1. The first-order valence-corrected chi connectivity index (χ1v) is 22.7. The molecule has 271 valence electrons. The van der Waals surface area contributed by atoms with Crippen molar-refractivity contribution in [1.82, 2.24) is 0 Å². The molecule has 0 amide bonds. The number of ketones is 1. The van der Waals surface area contributed by atoms with Crippen molar-refractivity contribution in [2.45, 2.75) is 141 Å². The highest BCUT2D eigenvalue weighted by atomic mass is 28.4. The summed E-state index contributed by atoms with van der Waals surface area (Å²) in [5.41, 5.74) is -4.51. The van der Waals surface area contributed by atoms with Crippen molar-refractivity contribution in [2.75, 3.05) is 6.61 Å². The first kappa shape index (κ1) is 38.0. The summed E-state index contributed by atoms with van der Waals surface area (Å²) < 4.78 is 33.1. The fourth-order valence-corrected chi connectivity index (χ4v) is 13.7. The number of benzene rings is 1. The summed E-state index contributed by atoms with van der Waals surface area (Å²) in [6, 6.07) is 11.1. The summed E-state index contributed by atoms with van der Waals surface area (Å²) in [6.07, 6.45) is -4.96. The van der Waals surface area contributed by atoms with Crippen LogP contribution in [-0.4, -0.2) is 93.6 Å². The van der Waals surface area contributed by atoms with Crippen LogP contribution in [0.5, 0.6) is 0 Å². The van der Waals surface area contributed by atoms with Gasteiger partial charge in [0.1, 0.15) is 17.3 Å². The molecule has 1 aromatic rings. The van der Waals surface area contributed by atoms with Gasteiger partial charge in [0.15, 0.2) is 20.2 Å². The second-order valence-corrected chi connectivity index (χ2v) is 22.3. The molecule has 5 rings (SSSR count). The van der Waals surface area contributed by atoms with Gasteiger partial charge < -0.3 is 33.3 Å². The lowest BCUT2D eigenvalue weighted by molar-refractivity contribution is -0.340. The molecule has 3 aliphatic carbocycles. The molecule has 1 radical (unpaired) electrons. The van der Waals surface area contributed by atoms with Gasteiger partial charge in [0.05, 0.1) is 35.9 Å². The highest BCUT2D eigenvalue weighted by Gasteiger charge is 2.77. The van der Waals surface area contributed by atoms with Crippen LogP contribution in [0, 0.1) is 16.7 Å². The van der Waals surface area contributed by atoms with E-state index in [1.54, 1.807) is 44.2 Å². The third-order valence-corrected chi connectivity index (χ3v) is 18.0. The molecule has 10 nitrogen and oxygen atoms in total. The summed E-state index contributed by atoms with van der Waals surface area (Å²) in [6.45, 7) is 18.8. The van der Waals surface area contributed by atoms with Gasteiger partial charge in [0.25, 0.3) is 0 Å². The van der Waals surface area contributed by atoms with Gasteiger partial charge in [-0.3, -0.25) is 9.59 Å². The fraction of sp³-hybridized carbons (Fsp3) is 0.703. The van der Waals surface area contributed by atoms with Crippen LogP contribution in [0.2, 0.25) is 31.2 Å². The summed E-state index contributed by atoms with van der Waals surface area (Å²) >= 11 is 0. The Morgan fingerprint density at radius 1 is 1.04 bits per heavy atom. The van der Waals surface area contributed by atoms with E-state index in [2.05, 4.69) is 20.8 Å². The molecule has 2 N–H and O–H groups in total. The largest absolute Gasteiger partial charge is 0.455 e. The molecular formula is C37H55O10Si2. The Balaban J connectivity index is 1.89. The topological polar surface area (TPSA) is 138 Å². The van der Waals surface area contributed by atoms with E-state index in [9.17, 15) is 19.8 Å². The van der Waals surface area contributed by atoms with E-state index in [1.807, 2.05) is 26.9 Å². The number of fused-ring (bicyclic) bond motifs is 5. The van der Waals surface area contributed by atoms with E-state index in [0.29, 0.717) is 16.7 Å². The van der Waals surface area contributed by atoms with E-state index >= 15 is 4.79 Å². The maximum Gasteiger partial charge on any atom is 0.338 e. The summed E-state index contributed by atoms with van der Waals surface area (Å²) in [4.78, 5) is 42.8. The fourth-order valence-electron chi connectivity index (χ4n) is 9.53. The van der Waals surface area contributed by atoms with Crippen LogP contribution in [0.3, 0.4) is 0 Å². The number of rotatable bonds is 10. The normalized spacial score (nSPS) is 37.0. The SMILES string of the molecule is CC[Si](CC)(CC)O[C@H]1C[C@H]2OC[C@@]2(O)[C@H]2[C@H](OC(=O)c3ccccc3)[C@]3(O[Si](C)C)C[C@H](O)C(C)=C([C@@H](OC(C)=O)C(=O)[C@]12C)C3(C)C. The van der Waals surface area contributed by atoms with Crippen molar-refractivity contribution in [3.05, 3.63) is 47.0 Å². The van der Waals surface area contributed by atoms with Gasteiger partial charge in [-0.25, -0.2) is 4.79 Å². The molecule has 12 heteroatoms. The first-order chi connectivity index (χ1) is 22.9. The summed E-state index contributed by atoms with van der Waals surface area (Å²) in [5.74, 6) is -2.85. The Morgan fingerprint density at radius 2 is 1.65 bits per heavy atom. The van der Waals surface area contributed by atoms with Crippen LogP contribution in [-0.2, 0) is 32.7 Å². The lowest BCUT2D eigenvalue weighted by atomic mass is 9.44. The highest BCUT2D eigenvalue weighted by Crippen LogP contribution is 2.65. The maximum absolute atomic E-state index is 15.7. The third kappa shape index (κ3) is 5.83. The molecule has 0 aromatic heterocycles. The van der Waals surface area contributed by atoms with Gasteiger partial charge in [-0.2, -0.15) is 0 Å². The van der Waals surface area contributed by atoms with Crippen LogP contribution < -0.4 is 0 Å². The van der Waals surface area contributed by atoms with Gasteiger partial charge in [0, 0.05) is 31.1 Å². The number of hydrogen-bond acceptors (Lipinski definition) is 10. The summed E-state index contributed by atoms with van der Waals surface area (Å²) in [7, 11) is -4.02. The predicted octanol–water partition coefficient (Wildman–Crippen LogP) is 5.39. The van der Waals surface area contributed by atoms with E-state index in [4.69, 9.17) is 23.1 Å². The minimum Gasteiger partial charge on any atom is -0.455 e. The molecule has 49 heavy (non-hydrogen) atoms. The van der Waals surface area contributed by atoms with Crippen LogP contribution >= 0.6 is 0 Å². The number of carbonyl (C=O) groups excluding carboxylic acids is 3. The maximum atomic E-state index is 15.7. The van der Waals surface area contributed by atoms with Gasteiger partial charge in [0.2, 0.25) is 9.04 Å². The van der Waals surface area contributed by atoms with Crippen LogP contribution in [0.25, 0.3) is 0 Å². The van der Waals surface area contributed by atoms with Gasteiger partial charge in [-0.15, -0.1) is 0 Å². The molecule has 4 aliphatic rings. The number of Topliss-reactive ketones (excluding diaryl/α,β-unsaturated/α-hetero) is 1. The molecule has 1 aliphatic heterocycles. The van der Waals surface area contributed by atoms with Crippen molar-refractivity contribution in [1.29, 1.82) is 0 Å². The van der Waals surface area contributed by atoms with Gasteiger partial charge in [-0.1, -0.05) is 52.8 Å². The van der Waals surface area contributed by atoms with Crippen LogP contribution in [0.15, 0.2) is 41.5 Å². The first-order valence-electron chi connectivity index (χ1n) is 17.8. The molecule has 3 fully saturated rings. The standard InChI is InChI=1S/C37H55O10Si2/c1-11-49(12-2,13-3)46-26-19-27-36(42,21-43-27)30-32(45-33(41)24-17-15-14-16-18-24)37(47-48(9)10)20-25(39)22(4)28(34(37,6)7)29(44-23(5)38)31(40)35(26,30)8/h14-18,25-27,29-30,32,39,42H,11-13,19-21H2,1-10H3/t25-,26-,27+,29+,30-,32-,35+,36-,37+/m0/s1. The van der Waals surface area contributed by atoms with Crippen molar-refractivity contribution < 1.29 is 47.7 Å². The molecule has 1 heterocycles. The van der Waals surface area contributed by atoms with E-state index in [1.165, 1.54) is 6.92 Å². The van der Waals surface area contributed by atoms with Gasteiger partial charge >= 0.3 is 11.9 Å². The van der Waals surface area contributed by atoms with Crippen molar-refractivity contribution in [2.24, 2.45) is 16.7 Å². The zero-order valence-corrected chi connectivity index (χ0v) is 32.8. The molecule has 0 unspecified atom stereocenters. The number of esters is 2. The monoisotopic (exact) mass is 715 g/mol. The smallest absolute Gasteiger partial charge is 0.338 e. The lowest BCUT2D eigenvalue weighted by Crippen LogP contribution is -2.82. The van der Waals surface area contributed by atoms with Crippen LogP contribution in [0.4, 0.5) is 0 Å². The Bertz CT molecular complexity index is 1470. The summed E-state index contributed by atoms with van der Waals surface area (Å²) in [5, 5.41) is 24.7. The Labute approximate surface area is 293 Å². The molecular weight excluding hydrogens is 661 g/mol. The minimum atomic E-state index is -2.41. The number of ether oxygens (including phenoxy) is 3.